The van der Waals surface area contributed by atoms with Gasteiger partial charge >= 0.3 is 0 Å². The van der Waals surface area contributed by atoms with Crippen LogP contribution >= 0.6 is 12.6 Å². The predicted octanol–water partition coefficient (Wildman–Crippen LogP) is 3.79. The third-order valence-corrected chi connectivity index (χ3v) is 2.16. The first-order valence-corrected chi connectivity index (χ1v) is 4.97. The van der Waals surface area contributed by atoms with Crippen LogP contribution < -0.4 is 0 Å². The SMILES string of the molecule is CCCC(C)CCCC[S]. The van der Waals surface area contributed by atoms with E-state index in [9.17, 15) is 0 Å². The largest absolute Gasteiger partial charge is 0.0942 e. The molecule has 1 heteroatoms. The van der Waals surface area contributed by atoms with E-state index >= 15 is 0 Å². The summed E-state index contributed by atoms with van der Waals surface area (Å²) in [6.07, 6.45) is 6.67. The molecule has 0 aromatic heterocycles. The Morgan fingerprint density at radius 2 is 1.90 bits per heavy atom. The minimum Gasteiger partial charge on any atom is -0.0942 e. The van der Waals surface area contributed by atoms with Crippen molar-refractivity contribution in [2.24, 2.45) is 5.92 Å². The number of unbranched alkanes of at least 4 members (excludes halogenated alkanes) is 1. The van der Waals surface area contributed by atoms with E-state index in [0.717, 1.165) is 11.7 Å². The zero-order valence-electron chi connectivity index (χ0n) is 7.23. The third-order valence-electron chi connectivity index (χ3n) is 1.87. The molecule has 0 fully saturated rings. The van der Waals surface area contributed by atoms with Gasteiger partial charge in [0.15, 0.2) is 0 Å². The lowest BCUT2D eigenvalue weighted by molar-refractivity contribution is 0.467. The predicted molar refractivity (Wildman–Crippen MR) is 50.4 cm³/mol. The standard InChI is InChI=1S/C9H19S/c1-3-6-9(2)7-4-5-8-10/h9H,3-8H2,1-2H3. The molecule has 0 aliphatic rings. The molecule has 10 heavy (non-hydrogen) atoms. The number of hydrogen-bond acceptors (Lipinski definition) is 0. The molecular weight excluding hydrogens is 140 g/mol. The van der Waals surface area contributed by atoms with Crippen molar-refractivity contribution in [1.29, 1.82) is 0 Å². The molecule has 0 aromatic carbocycles. The summed E-state index contributed by atoms with van der Waals surface area (Å²) in [4.78, 5) is 0. The van der Waals surface area contributed by atoms with Crippen LogP contribution in [-0.4, -0.2) is 5.75 Å². The molecule has 0 aliphatic heterocycles. The monoisotopic (exact) mass is 159 g/mol. The quantitative estimate of drug-likeness (QED) is 0.517. The van der Waals surface area contributed by atoms with Crippen molar-refractivity contribution in [2.45, 2.75) is 46.0 Å². The van der Waals surface area contributed by atoms with E-state index in [1.54, 1.807) is 0 Å². The van der Waals surface area contributed by atoms with Gasteiger partial charge in [0.05, 0.1) is 0 Å². The lowest BCUT2D eigenvalue weighted by Crippen LogP contribution is -1.93. The summed E-state index contributed by atoms with van der Waals surface area (Å²) >= 11 is 4.87. The van der Waals surface area contributed by atoms with Crippen LogP contribution in [0.2, 0.25) is 0 Å². The summed E-state index contributed by atoms with van der Waals surface area (Å²) < 4.78 is 0. The topological polar surface area (TPSA) is 0 Å². The van der Waals surface area contributed by atoms with Crippen LogP contribution in [-0.2, 0) is 0 Å². The Balaban J connectivity index is 2.97. The van der Waals surface area contributed by atoms with E-state index in [-0.39, 0.29) is 0 Å². The van der Waals surface area contributed by atoms with Gasteiger partial charge in [-0.15, -0.1) is 0 Å². The molecule has 1 radical (unpaired) electrons. The molecule has 0 spiro atoms. The molecule has 1 unspecified atom stereocenters. The summed E-state index contributed by atoms with van der Waals surface area (Å²) in [7, 11) is 0. The van der Waals surface area contributed by atoms with Gasteiger partial charge in [0.2, 0.25) is 0 Å². The van der Waals surface area contributed by atoms with Crippen LogP contribution in [0.3, 0.4) is 0 Å². The van der Waals surface area contributed by atoms with Gasteiger partial charge in [-0.3, -0.25) is 0 Å². The van der Waals surface area contributed by atoms with Crippen molar-refractivity contribution in [2.75, 3.05) is 5.75 Å². The van der Waals surface area contributed by atoms with Crippen LogP contribution in [0.5, 0.6) is 0 Å². The molecular formula is C9H19S. The highest BCUT2D eigenvalue weighted by Crippen LogP contribution is 2.13. The second-order valence-electron chi connectivity index (χ2n) is 3.09. The van der Waals surface area contributed by atoms with E-state index in [4.69, 9.17) is 12.6 Å². The van der Waals surface area contributed by atoms with E-state index in [2.05, 4.69) is 13.8 Å². The molecule has 0 N–H and O–H groups in total. The Morgan fingerprint density at radius 3 is 2.40 bits per heavy atom. The van der Waals surface area contributed by atoms with Crippen LogP contribution in [0.15, 0.2) is 0 Å². The van der Waals surface area contributed by atoms with Gasteiger partial charge in [-0.2, -0.15) is 0 Å². The average molecular weight is 159 g/mol. The van der Waals surface area contributed by atoms with Crippen molar-refractivity contribution in [1.82, 2.24) is 0 Å². The Labute approximate surface area is 70.8 Å². The van der Waals surface area contributed by atoms with Crippen LogP contribution in [0.1, 0.15) is 46.0 Å². The van der Waals surface area contributed by atoms with E-state index in [0.29, 0.717) is 0 Å². The van der Waals surface area contributed by atoms with Crippen molar-refractivity contribution < 1.29 is 0 Å². The summed E-state index contributed by atoms with van der Waals surface area (Å²) in [6.45, 7) is 4.59. The average Bonchev–Trinajstić information content (AvgIpc) is 1.89. The van der Waals surface area contributed by atoms with Gasteiger partial charge in [0, 0.05) is 5.75 Å². The van der Waals surface area contributed by atoms with Crippen LogP contribution in [0.25, 0.3) is 0 Å². The summed E-state index contributed by atoms with van der Waals surface area (Å²) in [6, 6.07) is 0. The maximum absolute atomic E-state index is 4.87. The van der Waals surface area contributed by atoms with Crippen LogP contribution in [0.4, 0.5) is 0 Å². The molecule has 0 nitrogen and oxygen atoms in total. The summed E-state index contributed by atoms with van der Waals surface area (Å²) in [5, 5.41) is 0. The highest BCUT2D eigenvalue weighted by molar-refractivity contribution is 7.80. The summed E-state index contributed by atoms with van der Waals surface area (Å²) in [5.74, 6) is 1.87. The second kappa shape index (κ2) is 7.46. The molecule has 0 heterocycles. The van der Waals surface area contributed by atoms with Gasteiger partial charge in [0.1, 0.15) is 0 Å². The maximum Gasteiger partial charge on any atom is 0.00369 e. The lowest BCUT2D eigenvalue weighted by Gasteiger charge is -2.07. The van der Waals surface area contributed by atoms with Gasteiger partial charge in [-0.25, -0.2) is 0 Å². The molecule has 0 rings (SSSR count). The highest BCUT2D eigenvalue weighted by Gasteiger charge is 1.98. The van der Waals surface area contributed by atoms with Gasteiger partial charge in [0.25, 0.3) is 0 Å². The normalized spacial score (nSPS) is 13.5. The Hall–Kier alpha value is 0.350. The zero-order valence-corrected chi connectivity index (χ0v) is 8.04. The highest BCUT2D eigenvalue weighted by atomic mass is 32.1. The van der Waals surface area contributed by atoms with E-state index < -0.39 is 0 Å². The fraction of sp³-hybridized carbons (Fsp3) is 1.00. The van der Waals surface area contributed by atoms with E-state index in [1.165, 1.54) is 32.1 Å². The second-order valence-corrected chi connectivity index (χ2v) is 3.50. The van der Waals surface area contributed by atoms with Crippen molar-refractivity contribution in [3.05, 3.63) is 0 Å². The van der Waals surface area contributed by atoms with Crippen molar-refractivity contribution in [3.63, 3.8) is 0 Å². The first-order chi connectivity index (χ1) is 4.81. The molecule has 0 bridgehead atoms. The molecule has 0 saturated carbocycles. The smallest absolute Gasteiger partial charge is 0.00369 e. The van der Waals surface area contributed by atoms with Gasteiger partial charge in [-0.05, 0) is 12.3 Å². The Bertz CT molecular complexity index is 61.7. The minimum absolute atomic E-state index is 0.923. The fourth-order valence-corrected chi connectivity index (χ4v) is 1.44. The first kappa shape index (κ1) is 10.3. The van der Waals surface area contributed by atoms with Gasteiger partial charge in [-0.1, -0.05) is 52.2 Å². The van der Waals surface area contributed by atoms with E-state index in [1.807, 2.05) is 0 Å². The molecule has 0 amide bonds. The van der Waals surface area contributed by atoms with Crippen LogP contribution in [0, 0.1) is 5.92 Å². The van der Waals surface area contributed by atoms with Crippen molar-refractivity contribution in [3.8, 4) is 0 Å². The zero-order chi connectivity index (χ0) is 7.82. The maximum atomic E-state index is 4.87. The summed E-state index contributed by atoms with van der Waals surface area (Å²) in [5.41, 5.74) is 0. The fourth-order valence-electron chi connectivity index (χ4n) is 1.23. The number of hydrogen-bond donors (Lipinski definition) is 0. The molecule has 1 atom stereocenters. The Morgan fingerprint density at radius 1 is 1.20 bits per heavy atom. The minimum atomic E-state index is 0.923. The lowest BCUT2D eigenvalue weighted by atomic mass is 10.00. The molecule has 0 aromatic rings. The van der Waals surface area contributed by atoms with Crippen molar-refractivity contribution >= 4 is 12.6 Å². The van der Waals surface area contributed by atoms with Gasteiger partial charge < -0.3 is 0 Å². The number of rotatable bonds is 6. The Kier molecular flexibility index (Phi) is 7.72. The molecule has 0 saturated heterocycles. The third kappa shape index (κ3) is 6.47. The molecule has 0 aliphatic carbocycles. The first-order valence-electron chi connectivity index (χ1n) is 4.39. The molecule has 61 valence electrons.